The zero-order valence-electron chi connectivity index (χ0n) is 26.9. The van der Waals surface area contributed by atoms with Crippen molar-refractivity contribution < 1.29 is 33.7 Å². The van der Waals surface area contributed by atoms with E-state index in [-0.39, 0.29) is 55.7 Å². The van der Waals surface area contributed by atoms with Crippen molar-refractivity contribution in [1.82, 2.24) is 14.4 Å². The van der Waals surface area contributed by atoms with Crippen LogP contribution in [-0.4, -0.2) is 83.0 Å². The largest absolute Gasteiger partial charge is 0.487 e. The number of fused-ring (bicyclic) bond motifs is 3. The van der Waals surface area contributed by atoms with E-state index < -0.39 is 12.1 Å². The molecule has 0 saturated heterocycles. The Kier molecular flexibility index (Phi) is 8.95. The minimum absolute atomic E-state index is 0.137. The van der Waals surface area contributed by atoms with Crippen molar-refractivity contribution in [2.24, 2.45) is 13.0 Å². The van der Waals surface area contributed by atoms with Gasteiger partial charge < -0.3 is 44.3 Å². The first-order valence-corrected chi connectivity index (χ1v) is 15.6. The highest BCUT2D eigenvalue weighted by Gasteiger charge is 2.34. The Morgan fingerprint density at radius 3 is 2.53 bits per heavy atom. The number of carbonyl (C=O) groups is 3. The monoisotopic (exact) mass is 641 g/mol. The predicted octanol–water partition coefficient (Wildman–Crippen LogP) is 4.47. The van der Waals surface area contributed by atoms with Gasteiger partial charge in [-0.15, -0.1) is 0 Å². The molecule has 0 spiro atoms. The van der Waals surface area contributed by atoms with Gasteiger partial charge >= 0.3 is 6.03 Å². The molecule has 0 saturated carbocycles. The summed E-state index contributed by atoms with van der Waals surface area (Å²) >= 11 is 0. The number of ether oxygens (including phenoxy) is 3. The summed E-state index contributed by atoms with van der Waals surface area (Å²) < 4.78 is 19.2. The Morgan fingerprint density at radius 2 is 1.74 bits per heavy atom. The molecule has 0 fully saturated rings. The molecule has 12 nitrogen and oxygen atoms in total. The number of hydrogen-bond donors (Lipinski definition) is 3. The summed E-state index contributed by atoms with van der Waals surface area (Å²) in [6, 6.07) is 17.3. The summed E-state index contributed by atoms with van der Waals surface area (Å²) in [5.74, 6) is 0.787. The molecule has 6 rings (SSSR count). The maximum Gasteiger partial charge on any atom is 0.321 e. The Hall–Kier alpha value is -5.23. The molecular formula is C35H39N5O7. The average Bonchev–Trinajstić information content (AvgIpc) is 3.66. The van der Waals surface area contributed by atoms with Crippen LogP contribution < -0.4 is 24.8 Å². The summed E-state index contributed by atoms with van der Waals surface area (Å²) in [7, 11) is 3.62. The number of aliphatic hydroxyl groups is 1. The number of anilines is 2. The highest BCUT2D eigenvalue weighted by atomic mass is 16.7. The molecule has 12 heteroatoms. The average molecular weight is 642 g/mol. The van der Waals surface area contributed by atoms with Crippen molar-refractivity contribution in [1.29, 1.82) is 0 Å². The van der Waals surface area contributed by atoms with Crippen molar-refractivity contribution in [2.75, 3.05) is 44.2 Å². The highest BCUT2D eigenvalue weighted by molar-refractivity contribution is 6.01. The van der Waals surface area contributed by atoms with Gasteiger partial charge in [-0.3, -0.25) is 9.59 Å². The van der Waals surface area contributed by atoms with Crippen molar-refractivity contribution in [3.05, 3.63) is 78.0 Å². The van der Waals surface area contributed by atoms with Gasteiger partial charge in [0.25, 0.3) is 5.91 Å². The van der Waals surface area contributed by atoms with Crippen LogP contribution in [-0.2, 0) is 18.3 Å². The standard InChI is InChI=1S/C35H39N5O7/c1-21-16-40(22(2)19-41)34(43)27-14-24(36-33(42)13-23-17-38(3)28-8-6-5-7-26(23)28)9-11-29(27)47-32(21)18-39(4)35(44)37-25-10-12-30-31(15-25)46-20-45-30/h5-12,14-15,17,21-22,32,41H,13,16,18-20H2,1-4H3,(H,36,42)(H,37,44)/t21-,22-,32-/m0/s1. The van der Waals surface area contributed by atoms with E-state index in [1.807, 2.05) is 49.0 Å². The fourth-order valence-corrected chi connectivity index (χ4v) is 6.01. The number of carbonyl (C=O) groups excluding carboxylic acids is 3. The van der Waals surface area contributed by atoms with Crippen LogP contribution in [0.25, 0.3) is 10.9 Å². The fraction of sp³-hybridized carbons (Fsp3) is 0.343. The van der Waals surface area contributed by atoms with Crippen molar-refractivity contribution in [3.63, 3.8) is 0 Å². The lowest BCUT2D eigenvalue weighted by Crippen LogP contribution is -2.50. The van der Waals surface area contributed by atoms with Gasteiger partial charge in [0.2, 0.25) is 12.7 Å². The lowest BCUT2D eigenvalue weighted by molar-refractivity contribution is -0.115. The van der Waals surface area contributed by atoms with Gasteiger partial charge in [-0.1, -0.05) is 25.1 Å². The second-order valence-electron chi connectivity index (χ2n) is 12.2. The van der Waals surface area contributed by atoms with Gasteiger partial charge in [0.15, 0.2) is 11.5 Å². The van der Waals surface area contributed by atoms with Crippen molar-refractivity contribution >= 4 is 40.1 Å². The van der Waals surface area contributed by atoms with E-state index in [9.17, 15) is 19.5 Å². The normalized spacial score (nSPS) is 17.7. The number of rotatable bonds is 8. The van der Waals surface area contributed by atoms with Gasteiger partial charge in [0.05, 0.1) is 31.2 Å². The number of benzene rings is 3. The van der Waals surface area contributed by atoms with Gasteiger partial charge in [0, 0.05) is 61.1 Å². The SMILES string of the molecule is C[C@H]1CN([C@@H](C)CO)C(=O)c2cc(NC(=O)Cc3cn(C)c4ccccc34)ccc2O[C@H]1CN(C)C(=O)Nc1ccc2c(c1)OCO2. The Balaban J connectivity index is 1.20. The summed E-state index contributed by atoms with van der Waals surface area (Å²) in [6.07, 6.45) is 1.62. The summed E-state index contributed by atoms with van der Waals surface area (Å²) in [4.78, 5) is 43.3. The highest BCUT2D eigenvalue weighted by Crippen LogP contribution is 2.35. The number of aryl methyl sites for hydroxylation is 1. The molecule has 3 N–H and O–H groups in total. The molecule has 3 heterocycles. The predicted molar refractivity (Wildman–Crippen MR) is 177 cm³/mol. The van der Waals surface area contributed by atoms with E-state index in [4.69, 9.17) is 14.2 Å². The number of nitrogens with one attached hydrogen (secondary N) is 2. The molecule has 3 aromatic carbocycles. The molecule has 2 aliphatic rings. The van der Waals surface area contributed by atoms with Gasteiger partial charge in [-0.2, -0.15) is 0 Å². The molecule has 0 aliphatic carbocycles. The van der Waals surface area contributed by atoms with Crippen LogP contribution in [0, 0.1) is 5.92 Å². The molecule has 0 unspecified atom stereocenters. The summed E-state index contributed by atoms with van der Waals surface area (Å²) in [5.41, 5.74) is 3.21. The molecule has 47 heavy (non-hydrogen) atoms. The molecule has 1 aromatic heterocycles. The van der Waals surface area contributed by atoms with Gasteiger partial charge in [-0.25, -0.2) is 4.79 Å². The second-order valence-corrected chi connectivity index (χ2v) is 12.2. The van der Waals surface area contributed by atoms with E-state index in [1.54, 1.807) is 55.3 Å². The number of aromatic nitrogens is 1. The summed E-state index contributed by atoms with van der Waals surface area (Å²) in [6.45, 7) is 4.15. The third-order valence-corrected chi connectivity index (χ3v) is 8.70. The van der Waals surface area contributed by atoms with Crippen LogP contribution in [0.1, 0.15) is 29.8 Å². The first-order chi connectivity index (χ1) is 22.6. The van der Waals surface area contributed by atoms with Crippen LogP contribution in [0.4, 0.5) is 16.2 Å². The van der Waals surface area contributed by atoms with Crippen molar-refractivity contribution in [3.8, 4) is 17.2 Å². The maximum absolute atomic E-state index is 13.9. The molecule has 0 bridgehead atoms. The maximum atomic E-state index is 13.9. The first kappa shape index (κ1) is 31.7. The number of amides is 4. The molecular weight excluding hydrogens is 602 g/mol. The van der Waals surface area contributed by atoms with Crippen LogP contribution in [0.3, 0.4) is 0 Å². The number of urea groups is 1. The number of likely N-dealkylation sites (N-methyl/N-ethyl adjacent to an activating group) is 1. The van der Waals surface area contributed by atoms with Gasteiger partial charge in [0.1, 0.15) is 11.9 Å². The van der Waals surface area contributed by atoms with Crippen LogP contribution in [0.5, 0.6) is 17.2 Å². The smallest absolute Gasteiger partial charge is 0.321 e. The molecule has 3 atom stereocenters. The van der Waals surface area contributed by atoms with Crippen LogP contribution in [0.15, 0.2) is 66.9 Å². The number of para-hydroxylation sites is 1. The van der Waals surface area contributed by atoms with E-state index in [0.29, 0.717) is 35.2 Å². The molecule has 4 amide bonds. The topological polar surface area (TPSA) is 135 Å². The molecule has 4 aromatic rings. The minimum Gasteiger partial charge on any atom is -0.487 e. The minimum atomic E-state index is -0.491. The van der Waals surface area contributed by atoms with E-state index in [2.05, 4.69) is 10.6 Å². The van der Waals surface area contributed by atoms with E-state index in [0.717, 1.165) is 16.5 Å². The Morgan fingerprint density at radius 1 is 1.02 bits per heavy atom. The lowest BCUT2D eigenvalue weighted by atomic mass is 9.99. The first-order valence-electron chi connectivity index (χ1n) is 15.6. The van der Waals surface area contributed by atoms with Crippen molar-refractivity contribution in [2.45, 2.75) is 32.4 Å². The Labute approximate surface area is 272 Å². The quantitative estimate of drug-likeness (QED) is 0.259. The number of aliphatic hydroxyl groups excluding tert-OH is 1. The van der Waals surface area contributed by atoms with E-state index in [1.165, 1.54) is 4.90 Å². The third-order valence-electron chi connectivity index (χ3n) is 8.70. The second kappa shape index (κ2) is 13.2. The van der Waals surface area contributed by atoms with Crippen LogP contribution in [0.2, 0.25) is 0 Å². The fourth-order valence-electron chi connectivity index (χ4n) is 6.01. The lowest BCUT2D eigenvalue weighted by Gasteiger charge is -2.38. The third kappa shape index (κ3) is 6.68. The molecule has 2 aliphatic heterocycles. The zero-order valence-corrected chi connectivity index (χ0v) is 26.9. The molecule has 0 radical (unpaired) electrons. The Bertz CT molecular complexity index is 1820. The summed E-state index contributed by atoms with van der Waals surface area (Å²) in [5, 5.41) is 16.8. The number of nitrogens with zero attached hydrogens (tertiary/aromatic N) is 3. The zero-order chi connectivity index (χ0) is 33.2. The molecule has 246 valence electrons. The van der Waals surface area contributed by atoms with E-state index >= 15 is 0 Å². The van der Waals surface area contributed by atoms with Gasteiger partial charge in [-0.05, 0) is 48.9 Å². The van der Waals surface area contributed by atoms with Crippen LogP contribution >= 0.6 is 0 Å². The number of hydrogen-bond acceptors (Lipinski definition) is 7.